The quantitative estimate of drug-likeness (QED) is 0.754. The molecule has 2 rings (SSSR count). The SMILES string of the molecule is [B]C1CC2(N)CCCCCC(N)(CCC)C12CC. The molecule has 4 unspecified atom stereocenters. The fraction of sp³-hybridized carbons (Fsp3) is 1.00. The van der Waals surface area contributed by atoms with Crippen LogP contribution >= 0.6 is 0 Å². The zero-order valence-corrected chi connectivity index (χ0v) is 12.2. The van der Waals surface area contributed by atoms with Crippen LogP contribution in [0.2, 0.25) is 5.82 Å². The van der Waals surface area contributed by atoms with Gasteiger partial charge in [0.1, 0.15) is 0 Å². The van der Waals surface area contributed by atoms with Crippen LogP contribution in [0.1, 0.15) is 71.6 Å². The predicted molar refractivity (Wildman–Crippen MR) is 78.7 cm³/mol. The van der Waals surface area contributed by atoms with Crippen molar-refractivity contribution in [3.8, 4) is 0 Å². The van der Waals surface area contributed by atoms with E-state index in [1.54, 1.807) is 0 Å². The monoisotopic (exact) mass is 248 g/mol. The molecule has 0 saturated heterocycles. The van der Waals surface area contributed by atoms with Gasteiger partial charge in [-0.3, -0.25) is 0 Å². The molecule has 0 aromatic heterocycles. The fourth-order valence-electron chi connectivity index (χ4n) is 5.22. The molecule has 2 saturated carbocycles. The Hall–Kier alpha value is -0.0151. The van der Waals surface area contributed by atoms with Gasteiger partial charge >= 0.3 is 0 Å². The van der Waals surface area contributed by atoms with Gasteiger partial charge in [0.05, 0.1) is 7.85 Å². The molecule has 0 amide bonds. The molecule has 2 aliphatic rings. The number of fused-ring (bicyclic) bond motifs is 1. The lowest BCUT2D eigenvalue weighted by atomic mass is 9.34. The molecule has 2 nitrogen and oxygen atoms in total. The lowest BCUT2D eigenvalue weighted by molar-refractivity contribution is -0.0937. The average Bonchev–Trinajstić information content (AvgIpc) is 2.28. The Morgan fingerprint density at radius 2 is 1.78 bits per heavy atom. The van der Waals surface area contributed by atoms with Gasteiger partial charge in [-0.1, -0.05) is 45.3 Å². The minimum atomic E-state index is -0.149. The summed E-state index contributed by atoms with van der Waals surface area (Å²) in [7, 11) is 6.43. The van der Waals surface area contributed by atoms with Gasteiger partial charge in [0, 0.05) is 16.5 Å². The first-order valence-corrected chi connectivity index (χ1v) is 7.79. The summed E-state index contributed by atoms with van der Waals surface area (Å²) in [6.07, 6.45) is 10.1. The van der Waals surface area contributed by atoms with E-state index in [4.69, 9.17) is 19.3 Å². The first-order chi connectivity index (χ1) is 8.46. The smallest absolute Gasteiger partial charge is 0.0709 e. The van der Waals surface area contributed by atoms with Gasteiger partial charge in [-0.05, 0) is 32.1 Å². The molecule has 18 heavy (non-hydrogen) atoms. The summed E-state index contributed by atoms with van der Waals surface area (Å²) in [4.78, 5) is 0. The predicted octanol–water partition coefficient (Wildman–Crippen LogP) is 2.90. The van der Waals surface area contributed by atoms with Gasteiger partial charge in [0.25, 0.3) is 0 Å². The molecule has 0 aliphatic heterocycles. The number of nitrogens with two attached hydrogens (primary N) is 2. The average molecular weight is 248 g/mol. The van der Waals surface area contributed by atoms with Crippen LogP contribution in [0.25, 0.3) is 0 Å². The van der Waals surface area contributed by atoms with E-state index < -0.39 is 0 Å². The zero-order valence-electron chi connectivity index (χ0n) is 12.2. The van der Waals surface area contributed by atoms with E-state index in [1.807, 2.05) is 0 Å². The number of hydrogen-bond donors (Lipinski definition) is 2. The summed E-state index contributed by atoms with van der Waals surface area (Å²) in [6, 6.07) is 0. The number of hydrogen-bond acceptors (Lipinski definition) is 2. The Kier molecular flexibility index (Phi) is 3.86. The molecule has 102 valence electrons. The molecule has 0 heterocycles. The van der Waals surface area contributed by atoms with E-state index in [2.05, 4.69) is 13.8 Å². The molecule has 0 aromatic carbocycles. The molecular weight excluding hydrogens is 219 g/mol. The number of rotatable bonds is 3. The van der Waals surface area contributed by atoms with Gasteiger partial charge in [0.2, 0.25) is 0 Å². The van der Waals surface area contributed by atoms with Crippen LogP contribution in [0, 0.1) is 5.41 Å². The molecule has 0 aromatic rings. The Bertz CT molecular complexity index is 309. The second-order valence-corrected chi connectivity index (χ2v) is 6.76. The highest BCUT2D eigenvalue weighted by Crippen LogP contribution is 2.66. The third-order valence-electron chi connectivity index (χ3n) is 5.99. The Morgan fingerprint density at radius 1 is 1.11 bits per heavy atom. The second kappa shape index (κ2) is 4.83. The second-order valence-electron chi connectivity index (χ2n) is 6.76. The van der Waals surface area contributed by atoms with E-state index in [0.29, 0.717) is 0 Å². The molecule has 2 fully saturated rings. The molecule has 3 heteroatoms. The van der Waals surface area contributed by atoms with Crippen molar-refractivity contribution in [2.45, 2.75) is 88.5 Å². The normalized spacial score (nSPS) is 48.8. The largest absolute Gasteiger partial charge is 0.325 e. The maximum atomic E-state index is 6.89. The van der Waals surface area contributed by atoms with Crippen LogP contribution < -0.4 is 11.5 Å². The Labute approximate surface area is 114 Å². The van der Waals surface area contributed by atoms with E-state index in [9.17, 15) is 0 Å². The highest BCUT2D eigenvalue weighted by molar-refractivity contribution is 6.13. The van der Waals surface area contributed by atoms with Crippen molar-refractivity contribution < 1.29 is 0 Å². The first kappa shape index (κ1) is 14.4. The van der Waals surface area contributed by atoms with E-state index in [0.717, 1.165) is 38.5 Å². The van der Waals surface area contributed by atoms with E-state index in [1.165, 1.54) is 19.3 Å². The topological polar surface area (TPSA) is 52.0 Å². The van der Waals surface area contributed by atoms with Crippen molar-refractivity contribution >= 4 is 7.85 Å². The highest BCUT2D eigenvalue weighted by atomic mass is 15.0. The molecule has 4 N–H and O–H groups in total. The van der Waals surface area contributed by atoms with Crippen molar-refractivity contribution in [1.29, 1.82) is 0 Å². The maximum Gasteiger partial charge on any atom is 0.0709 e. The highest BCUT2D eigenvalue weighted by Gasteiger charge is 2.67. The van der Waals surface area contributed by atoms with Crippen LogP contribution in [0.3, 0.4) is 0 Å². The summed E-state index contributed by atoms with van der Waals surface area (Å²) in [5.74, 6) is 0.196. The molecular formula is C15H29BN2. The van der Waals surface area contributed by atoms with Gasteiger partial charge in [-0.25, -0.2) is 0 Å². The van der Waals surface area contributed by atoms with E-state index >= 15 is 0 Å². The van der Waals surface area contributed by atoms with Gasteiger partial charge in [-0.2, -0.15) is 0 Å². The summed E-state index contributed by atoms with van der Waals surface area (Å²) in [5.41, 5.74) is 13.4. The minimum Gasteiger partial charge on any atom is -0.325 e. The summed E-state index contributed by atoms with van der Waals surface area (Å²) in [5, 5.41) is 0. The van der Waals surface area contributed by atoms with E-state index in [-0.39, 0.29) is 22.3 Å². The standard InChI is InChI=1S/C15H29BN2/c1-3-8-13(17)9-6-5-7-10-14(18)11-12(16)15(13,14)4-2/h12H,3-11,17-18H2,1-2H3. The molecule has 2 radical (unpaired) electrons. The molecule has 0 bridgehead atoms. The van der Waals surface area contributed by atoms with Crippen LogP contribution in [-0.2, 0) is 0 Å². The third-order valence-corrected chi connectivity index (χ3v) is 5.99. The summed E-state index contributed by atoms with van der Waals surface area (Å²) in [6.45, 7) is 4.46. The molecule has 4 atom stereocenters. The van der Waals surface area contributed by atoms with Crippen molar-refractivity contribution in [3.05, 3.63) is 0 Å². The minimum absolute atomic E-state index is 0.0313. The van der Waals surface area contributed by atoms with Crippen molar-refractivity contribution in [2.24, 2.45) is 16.9 Å². The third kappa shape index (κ3) is 1.70. The lowest BCUT2D eigenvalue weighted by Gasteiger charge is -2.70. The van der Waals surface area contributed by atoms with Crippen LogP contribution in [0.15, 0.2) is 0 Å². The summed E-state index contributed by atoms with van der Waals surface area (Å²) < 4.78 is 0. The fourth-order valence-corrected chi connectivity index (χ4v) is 5.22. The van der Waals surface area contributed by atoms with Gasteiger partial charge in [-0.15, -0.1) is 0 Å². The Balaban J connectivity index is 2.40. The van der Waals surface area contributed by atoms with Gasteiger partial charge in [0.15, 0.2) is 0 Å². The first-order valence-electron chi connectivity index (χ1n) is 7.79. The Morgan fingerprint density at radius 3 is 2.33 bits per heavy atom. The summed E-state index contributed by atoms with van der Waals surface area (Å²) >= 11 is 0. The van der Waals surface area contributed by atoms with Crippen molar-refractivity contribution in [3.63, 3.8) is 0 Å². The van der Waals surface area contributed by atoms with Crippen LogP contribution in [0.4, 0.5) is 0 Å². The van der Waals surface area contributed by atoms with Crippen LogP contribution in [-0.4, -0.2) is 18.9 Å². The van der Waals surface area contributed by atoms with Gasteiger partial charge < -0.3 is 11.5 Å². The van der Waals surface area contributed by atoms with Crippen molar-refractivity contribution in [1.82, 2.24) is 0 Å². The molecule has 0 spiro atoms. The molecule has 2 aliphatic carbocycles. The van der Waals surface area contributed by atoms with Crippen molar-refractivity contribution in [2.75, 3.05) is 0 Å². The van der Waals surface area contributed by atoms with Crippen LogP contribution in [0.5, 0.6) is 0 Å². The maximum absolute atomic E-state index is 6.89. The zero-order chi connectivity index (χ0) is 13.4. The lowest BCUT2D eigenvalue weighted by Crippen LogP contribution is -2.77.